The third-order valence-corrected chi connectivity index (χ3v) is 3.00. The molecule has 1 rings (SSSR count). The van der Waals surface area contributed by atoms with Crippen molar-refractivity contribution in [2.75, 3.05) is 7.11 Å². The summed E-state index contributed by atoms with van der Waals surface area (Å²) in [7, 11) is 1.78. The number of pyridine rings is 1. The largest absolute Gasteiger partial charge is 0.492 e. The molecule has 1 aromatic rings. The summed E-state index contributed by atoms with van der Waals surface area (Å²) in [5, 5.41) is 7.98. The first-order chi connectivity index (χ1) is 7.82. The lowest BCUT2D eigenvalue weighted by Gasteiger charge is -2.09. The minimum Gasteiger partial charge on any atom is -0.492 e. The van der Waals surface area contributed by atoms with Gasteiger partial charge in [0.2, 0.25) is 5.03 Å². The summed E-state index contributed by atoms with van der Waals surface area (Å²) in [6, 6.07) is 1.44. The second-order valence-corrected chi connectivity index (χ2v) is 5.26. The van der Waals surface area contributed by atoms with E-state index in [0.717, 1.165) is 7.11 Å². The maximum atomic E-state index is 12.5. The van der Waals surface area contributed by atoms with Crippen LogP contribution >= 0.6 is 10.7 Å². The molecule has 1 aromatic heterocycles. The second-order valence-electron chi connectivity index (χ2n) is 2.78. The average Bonchev–Trinajstić information content (AvgIpc) is 2.25. The summed E-state index contributed by atoms with van der Waals surface area (Å²) in [6.45, 7) is 0. The van der Waals surface area contributed by atoms with Crippen molar-refractivity contribution in [3.8, 4) is 11.8 Å². The third kappa shape index (κ3) is 2.62. The number of methoxy groups -OCH3 is 1. The van der Waals surface area contributed by atoms with Crippen molar-refractivity contribution >= 4 is 19.7 Å². The smallest absolute Gasteiger partial charge is 0.282 e. The molecule has 0 atom stereocenters. The van der Waals surface area contributed by atoms with Crippen molar-refractivity contribution in [2.24, 2.45) is 0 Å². The monoisotopic (exact) mass is 282 g/mol. The van der Waals surface area contributed by atoms with Gasteiger partial charge in [0, 0.05) is 16.9 Å². The number of nitrogens with zero attached hydrogens (tertiary/aromatic N) is 2. The van der Waals surface area contributed by atoms with E-state index in [1.807, 2.05) is 0 Å². The van der Waals surface area contributed by atoms with Gasteiger partial charge >= 0.3 is 0 Å². The van der Waals surface area contributed by atoms with Crippen LogP contribution in [0.5, 0.6) is 5.75 Å². The molecule has 0 aliphatic rings. The van der Waals surface area contributed by atoms with Crippen LogP contribution in [-0.2, 0) is 9.05 Å². The number of alkyl halides is 2. The van der Waals surface area contributed by atoms with Crippen molar-refractivity contribution in [1.29, 1.82) is 5.26 Å². The van der Waals surface area contributed by atoms with E-state index in [1.165, 1.54) is 6.07 Å². The summed E-state index contributed by atoms with van der Waals surface area (Å²) < 4.78 is 51.8. The van der Waals surface area contributed by atoms with E-state index in [0.29, 0.717) is 6.20 Å². The van der Waals surface area contributed by atoms with Crippen LogP contribution in [0.4, 0.5) is 8.78 Å². The van der Waals surface area contributed by atoms with E-state index < -0.39 is 37.4 Å². The Morgan fingerprint density at radius 2 is 2.18 bits per heavy atom. The number of aromatic nitrogens is 1. The molecule has 5 nitrogen and oxygen atoms in total. The quantitative estimate of drug-likeness (QED) is 0.790. The van der Waals surface area contributed by atoms with Crippen LogP contribution in [0.15, 0.2) is 11.2 Å². The Hall–Kier alpha value is -1.46. The number of hydrogen-bond acceptors (Lipinski definition) is 5. The summed E-state index contributed by atoms with van der Waals surface area (Å²) in [4.78, 5) is 3.27. The number of rotatable bonds is 3. The molecule has 0 unspecified atom stereocenters. The first-order valence-electron chi connectivity index (χ1n) is 4.02. The summed E-state index contributed by atoms with van der Waals surface area (Å²) in [6.07, 6.45) is -2.39. The molecule has 17 heavy (non-hydrogen) atoms. The van der Waals surface area contributed by atoms with Gasteiger partial charge in [0.25, 0.3) is 15.5 Å². The molecule has 0 fully saturated rings. The molecule has 0 spiro atoms. The van der Waals surface area contributed by atoms with E-state index in [-0.39, 0.29) is 0 Å². The van der Waals surface area contributed by atoms with Crippen molar-refractivity contribution in [2.45, 2.75) is 11.5 Å². The lowest BCUT2D eigenvalue weighted by Crippen LogP contribution is -2.05. The molecule has 0 amide bonds. The number of ether oxygens (including phenoxy) is 1. The lowest BCUT2D eigenvalue weighted by molar-refractivity contribution is 0.150. The second kappa shape index (κ2) is 4.81. The molecule has 1 heterocycles. The fourth-order valence-corrected chi connectivity index (χ4v) is 2.05. The number of nitriles is 1. The molecule has 0 aromatic carbocycles. The number of hydrogen-bond donors (Lipinski definition) is 0. The Morgan fingerprint density at radius 3 is 2.53 bits per heavy atom. The van der Waals surface area contributed by atoms with Crippen molar-refractivity contribution in [1.82, 2.24) is 4.98 Å². The van der Waals surface area contributed by atoms with Crippen LogP contribution in [0, 0.1) is 11.3 Å². The van der Waals surface area contributed by atoms with E-state index in [9.17, 15) is 17.2 Å². The first kappa shape index (κ1) is 13.6. The minimum atomic E-state index is -4.28. The van der Waals surface area contributed by atoms with Crippen LogP contribution in [0.25, 0.3) is 0 Å². The molecule has 0 N–H and O–H groups in total. The van der Waals surface area contributed by atoms with Crippen LogP contribution in [0.3, 0.4) is 0 Å². The highest BCUT2D eigenvalue weighted by molar-refractivity contribution is 8.13. The van der Waals surface area contributed by atoms with Crippen molar-refractivity contribution in [3.05, 3.63) is 17.3 Å². The topological polar surface area (TPSA) is 80.1 Å². The summed E-state index contributed by atoms with van der Waals surface area (Å²) in [5.41, 5.74) is -1.31. The Morgan fingerprint density at radius 1 is 1.59 bits per heavy atom. The van der Waals surface area contributed by atoms with E-state index >= 15 is 0 Å². The summed E-state index contributed by atoms with van der Waals surface area (Å²) in [5.74, 6) is -0.583. The van der Waals surface area contributed by atoms with Crippen LogP contribution in [0.2, 0.25) is 0 Å². The van der Waals surface area contributed by atoms with Gasteiger partial charge in [-0.05, 0) is 0 Å². The van der Waals surface area contributed by atoms with Gasteiger partial charge in [-0.3, -0.25) is 0 Å². The van der Waals surface area contributed by atoms with Gasteiger partial charge in [-0.2, -0.15) is 5.26 Å². The van der Waals surface area contributed by atoms with Crippen LogP contribution in [0.1, 0.15) is 17.6 Å². The van der Waals surface area contributed by atoms with E-state index in [1.54, 1.807) is 0 Å². The normalized spacial score (nSPS) is 11.3. The molecule has 0 radical (unpaired) electrons. The Bertz CT molecular complexity index is 583. The molecule has 92 valence electrons. The van der Waals surface area contributed by atoms with Gasteiger partial charge in [-0.15, -0.1) is 0 Å². The fraction of sp³-hybridized carbons (Fsp3) is 0.250. The molecular weight excluding hydrogens is 278 g/mol. The molecule has 0 bridgehead atoms. The van der Waals surface area contributed by atoms with Crippen LogP contribution in [-0.4, -0.2) is 20.5 Å². The fourth-order valence-electron chi connectivity index (χ4n) is 1.13. The minimum absolute atomic E-state index is 0.583. The molecule has 0 saturated carbocycles. The predicted molar refractivity (Wildman–Crippen MR) is 53.5 cm³/mol. The molecule has 0 saturated heterocycles. The molecule has 0 aliphatic heterocycles. The Kier molecular flexibility index (Phi) is 3.85. The Labute approximate surface area is 100 Å². The lowest BCUT2D eigenvalue weighted by atomic mass is 10.1. The first-order valence-corrected chi connectivity index (χ1v) is 6.33. The highest BCUT2D eigenvalue weighted by Gasteiger charge is 2.26. The van der Waals surface area contributed by atoms with Gasteiger partial charge in [0.05, 0.1) is 12.7 Å². The van der Waals surface area contributed by atoms with E-state index in [2.05, 4.69) is 9.72 Å². The average molecular weight is 283 g/mol. The predicted octanol–water partition coefficient (Wildman–Crippen LogP) is 1.83. The number of halogens is 3. The maximum Gasteiger partial charge on any atom is 0.282 e. The van der Waals surface area contributed by atoms with Crippen molar-refractivity contribution in [3.63, 3.8) is 0 Å². The van der Waals surface area contributed by atoms with Crippen molar-refractivity contribution < 1.29 is 21.9 Å². The van der Waals surface area contributed by atoms with Gasteiger partial charge in [0.15, 0.2) is 5.75 Å². The highest BCUT2D eigenvalue weighted by atomic mass is 35.7. The SMILES string of the molecule is COc1c(S(=O)(=O)Cl)ncc(C(F)F)c1C#N. The van der Waals surface area contributed by atoms with Gasteiger partial charge in [0.1, 0.15) is 11.6 Å². The van der Waals surface area contributed by atoms with Gasteiger partial charge in [-0.1, -0.05) is 0 Å². The Balaban J connectivity index is 3.68. The van der Waals surface area contributed by atoms with Crippen LogP contribution < -0.4 is 4.74 Å². The molecule has 9 heteroatoms. The molecular formula is C8H5ClF2N2O3S. The highest BCUT2D eigenvalue weighted by Crippen LogP contribution is 2.34. The van der Waals surface area contributed by atoms with Gasteiger partial charge < -0.3 is 4.74 Å². The summed E-state index contributed by atoms with van der Waals surface area (Å²) >= 11 is 0. The van der Waals surface area contributed by atoms with Gasteiger partial charge in [-0.25, -0.2) is 22.2 Å². The maximum absolute atomic E-state index is 12.5. The zero-order valence-electron chi connectivity index (χ0n) is 8.32. The zero-order chi connectivity index (χ0) is 13.2. The zero-order valence-corrected chi connectivity index (χ0v) is 9.89. The molecule has 0 aliphatic carbocycles. The third-order valence-electron chi connectivity index (χ3n) is 1.81. The standard InChI is InChI=1S/C8H5ClF2N2O3S/c1-16-6-4(2-12)5(7(10)11)3-13-8(6)17(9,14)15/h3,7H,1H3. The van der Waals surface area contributed by atoms with E-state index in [4.69, 9.17) is 15.9 Å².